The largest absolute Gasteiger partial charge is 0.611 e. The van der Waals surface area contributed by atoms with Gasteiger partial charge in [0.15, 0.2) is 22.7 Å². The zero-order valence-electron chi connectivity index (χ0n) is 16.8. The monoisotopic (exact) mass is 473 g/mol. The van der Waals surface area contributed by atoms with E-state index in [1.54, 1.807) is 0 Å². The lowest BCUT2D eigenvalue weighted by molar-refractivity contribution is -0.108. The van der Waals surface area contributed by atoms with E-state index in [1.165, 1.54) is 18.2 Å². The Labute approximate surface area is 186 Å². The van der Waals surface area contributed by atoms with Gasteiger partial charge in [0.05, 0.1) is 10.6 Å². The molecular weight excluding hydrogens is 451 g/mol. The number of rotatable bonds is 5. The molecule has 5 rings (SSSR count). The van der Waals surface area contributed by atoms with Crippen molar-refractivity contribution in [2.45, 2.75) is 49.3 Å². The smallest absolute Gasteiger partial charge is 0.255 e. The minimum absolute atomic E-state index is 0.0802. The van der Waals surface area contributed by atoms with Gasteiger partial charge in [-0.3, -0.25) is 4.79 Å². The van der Waals surface area contributed by atoms with Crippen LogP contribution in [0.5, 0.6) is 0 Å². The SMILES string of the molecule is C[C@]1(O)CC2C[C@@H](C1)[C@@H]2C[S+]([O-])c1cc(C(=O)NC2=CC(F)=C(F)C(F)C2)ccc1Cl. The summed E-state index contributed by atoms with van der Waals surface area (Å²) >= 11 is 4.79. The Morgan fingerprint density at radius 3 is 2.68 bits per heavy atom. The standard InChI is InChI=1S/C22H23ClF3NO3S/c1-22(29)8-12-4-13(9-22)15(12)10-31(30)19-5-11(2-3-16(19)23)21(28)27-14-6-17(24)20(26)18(25)7-14/h2-3,5-6,12-13,15,18,29H,4,7-10H2,1H3,(H,27,28)/t12-,13?,15-,18?,22+,31?/m0/s1. The van der Waals surface area contributed by atoms with Gasteiger partial charge in [-0.15, -0.1) is 0 Å². The van der Waals surface area contributed by atoms with Crippen molar-refractivity contribution in [3.63, 3.8) is 0 Å². The van der Waals surface area contributed by atoms with Crippen molar-refractivity contribution >= 4 is 28.7 Å². The van der Waals surface area contributed by atoms with Crippen LogP contribution in [0, 0.1) is 17.8 Å². The lowest BCUT2D eigenvalue weighted by atomic mass is 9.54. The van der Waals surface area contributed by atoms with Crippen molar-refractivity contribution in [2.75, 3.05) is 5.75 Å². The third kappa shape index (κ3) is 4.67. The summed E-state index contributed by atoms with van der Waals surface area (Å²) in [6.45, 7) is 1.83. The molecule has 168 valence electrons. The first-order valence-electron chi connectivity index (χ1n) is 10.2. The molecule has 3 unspecified atom stereocenters. The van der Waals surface area contributed by atoms with E-state index in [0.717, 1.165) is 12.5 Å². The van der Waals surface area contributed by atoms with Crippen LogP contribution in [0.2, 0.25) is 5.02 Å². The summed E-state index contributed by atoms with van der Waals surface area (Å²) in [6, 6.07) is 4.31. The molecule has 0 radical (unpaired) electrons. The predicted molar refractivity (Wildman–Crippen MR) is 112 cm³/mol. The van der Waals surface area contributed by atoms with Crippen LogP contribution in [-0.4, -0.2) is 33.1 Å². The summed E-state index contributed by atoms with van der Waals surface area (Å²) in [4.78, 5) is 12.9. The number of benzene rings is 1. The van der Waals surface area contributed by atoms with Gasteiger partial charge in [0, 0.05) is 29.7 Å². The Morgan fingerprint density at radius 2 is 2.03 bits per heavy atom. The molecule has 31 heavy (non-hydrogen) atoms. The number of carbonyl (C=O) groups excluding carboxylic acids is 1. The lowest BCUT2D eigenvalue weighted by Crippen LogP contribution is -2.53. The quantitative estimate of drug-likeness (QED) is 0.606. The van der Waals surface area contributed by atoms with Gasteiger partial charge in [-0.2, -0.15) is 0 Å². The molecule has 1 amide bonds. The van der Waals surface area contributed by atoms with Crippen molar-refractivity contribution < 1.29 is 27.6 Å². The molecule has 4 aliphatic carbocycles. The molecule has 0 aliphatic heterocycles. The topological polar surface area (TPSA) is 72.4 Å². The number of halogens is 4. The van der Waals surface area contributed by atoms with Crippen molar-refractivity contribution in [3.05, 3.63) is 52.2 Å². The highest BCUT2D eigenvalue weighted by Crippen LogP contribution is 2.54. The van der Waals surface area contributed by atoms with Crippen LogP contribution < -0.4 is 5.32 Å². The fourth-order valence-electron chi connectivity index (χ4n) is 4.98. The van der Waals surface area contributed by atoms with Crippen LogP contribution >= 0.6 is 11.6 Å². The van der Waals surface area contributed by atoms with E-state index in [0.29, 0.717) is 35.3 Å². The average molecular weight is 474 g/mol. The van der Waals surface area contributed by atoms with Crippen LogP contribution in [0.25, 0.3) is 0 Å². The van der Waals surface area contributed by atoms with Crippen molar-refractivity contribution in [1.29, 1.82) is 0 Å². The van der Waals surface area contributed by atoms with Gasteiger partial charge >= 0.3 is 0 Å². The van der Waals surface area contributed by atoms with Gasteiger partial charge in [0.1, 0.15) is 5.75 Å². The highest BCUT2D eigenvalue weighted by atomic mass is 35.5. The maximum Gasteiger partial charge on any atom is 0.255 e. The maximum atomic E-state index is 13.5. The summed E-state index contributed by atoms with van der Waals surface area (Å²) in [5.74, 6) is -2.17. The second-order valence-electron chi connectivity index (χ2n) is 8.97. The zero-order valence-corrected chi connectivity index (χ0v) is 18.4. The first-order chi connectivity index (χ1) is 14.5. The van der Waals surface area contributed by atoms with Gasteiger partial charge in [-0.05, 0) is 67.4 Å². The Bertz CT molecular complexity index is 953. The summed E-state index contributed by atoms with van der Waals surface area (Å²) in [5.41, 5.74) is -0.606. The molecular formula is C22H23ClF3NO3S. The second kappa shape index (κ2) is 8.46. The van der Waals surface area contributed by atoms with Gasteiger partial charge in [0.25, 0.3) is 5.91 Å². The first-order valence-corrected chi connectivity index (χ1v) is 11.9. The van der Waals surface area contributed by atoms with Gasteiger partial charge in [-0.25, -0.2) is 13.2 Å². The molecule has 2 bridgehead atoms. The minimum atomic E-state index is -2.14. The van der Waals surface area contributed by atoms with E-state index in [2.05, 4.69) is 5.32 Å². The number of carbonyl (C=O) groups is 1. The Morgan fingerprint density at radius 1 is 1.35 bits per heavy atom. The molecule has 9 heteroatoms. The van der Waals surface area contributed by atoms with Crippen molar-refractivity contribution in [3.8, 4) is 0 Å². The molecule has 1 aromatic carbocycles. The molecule has 2 N–H and O–H groups in total. The van der Waals surface area contributed by atoms with Crippen LogP contribution in [0.1, 0.15) is 43.0 Å². The third-order valence-corrected chi connectivity index (χ3v) is 8.44. The fourth-order valence-corrected chi connectivity index (χ4v) is 6.98. The summed E-state index contributed by atoms with van der Waals surface area (Å²) in [7, 11) is 0. The predicted octanol–water partition coefficient (Wildman–Crippen LogP) is 4.75. The number of amides is 1. The normalized spacial score (nSPS) is 33.5. The van der Waals surface area contributed by atoms with E-state index in [4.69, 9.17) is 11.6 Å². The van der Waals surface area contributed by atoms with E-state index in [1.807, 2.05) is 6.92 Å². The minimum Gasteiger partial charge on any atom is -0.611 e. The molecule has 0 aromatic heterocycles. The highest BCUT2D eigenvalue weighted by molar-refractivity contribution is 7.91. The Kier molecular flexibility index (Phi) is 6.20. The molecule has 4 aliphatic rings. The van der Waals surface area contributed by atoms with E-state index in [-0.39, 0.29) is 22.2 Å². The molecule has 4 nitrogen and oxygen atoms in total. The summed E-state index contributed by atoms with van der Waals surface area (Å²) in [6.07, 6.45) is 0.546. The molecule has 0 spiro atoms. The van der Waals surface area contributed by atoms with E-state index in [9.17, 15) is 27.6 Å². The van der Waals surface area contributed by atoms with Crippen LogP contribution in [0.4, 0.5) is 13.2 Å². The molecule has 6 atom stereocenters. The van der Waals surface area contributed by atoms with Crippen LogP contribution in [-0.2, 0) is 11.2 Å². The third-order valence-electron chi connectivity index (χ3n) is 6.48. The number of allylic oxidation sites excluding steroid dienone is 4. The summed E-state index contributed by atoms with van der Waals surface area (Å²) < 4.78 is 53.1. The first kappa shape index (κ1) is 22.7. The highest BCUT2D eigenvalue weighted by Gasteiger charge is 2.52. The van der Waals surface area contributed by atoms with Crippen LogP contribution in [0.3, 0.4) is 0 Å². The average Bonchev–Trinajstić information content (AvgIpc) is 2.69. The summed E-state index contributed by atoms with van der Waals surface area (Å²) in [5, 5.41) is 12.9. The molecule has 0 saturated heterocycles. The van der Waals surface area contributed by atoms with Crippen molar-refractivity contribution in [1.82, 2.24) is 5.32 Å². The van der Waals surface area contributed by atoms with E-state index >= 15 is 0 Å². The molecule has 3 fully saturated rings. The zero-order chi connectivity index (χ0) is 22.5. The number of hydrogen-bond acceptors (Lipinski definition) is 3. The van der Waals surface area contributed by atoms with Gasteiger partial charge in [-0.1, -0.05) is 11.6 Å². The molecule has 3 saturated carbocycles. The Hall–Kier alpha value is -1.48. The van der Waals surface area contributed by atoms with Gasteiger partial charge in [0.2, 0.25) is 0 Å². The fraction of sp³-hybridized carbons (Fsp3) is 0.500. The second-order valence-corrected chi connectivity index (χ2v) is 10.8. The number of alkyl halides is 1. The maximum absolute atomic E-state index is 13.5. The Balaban J connectivity index is 1.45. The number of fused-ring (bicyclic) bond motifs is 2. The van der Waals surface area contributed by atoms with E-state index < -0.39 is 46.9 Å². The molecule has 1 aromatic rings. The number of aliphatic hydroxyl groups is 1. The lowest BCUT2D eigenvalue weighted by Gasteiger charge is -2.54. The number of hydrogen-bond donors (Lipinski definition) is 2. The van der Waals surface area contributed by atoms with Crippen LogP contribution in [0.15, 0.2) is 46.5 Å². The van der Waals surface area contributed by atoms with Gasteiger partial charge < -0.3 is 15.0 Å². The number of nitrogens with one attached hydrogen (secondary N) is 1. The van der Waals surface area contributed by atoms with Crippen molar-refractivity contribution in [2.24, 2.45) is 17.8 Å². The molecule has 0 heterocycles.